The van der Waals surface area contributed by atoms with E-state index >= 15 is 0 Å². The molecule has 84 valence electrons. The van der Waals surface area contributed by atoms with Crippen molar-refractivity contribution in [2.24, 2.45) is 0 Å². The van der Waals surface area contributed by atoms with Gasteiger partial charge in [0.15, 0.2) is 0 Å². The highest BCUT2D eigenvalue weighted by atomic mass is 35.5. The molecule has 1 saturated heterocycles. The van der Waals surface area contributed by atoms with Crippen molar-refractivity contribution in [3.05, 3.63) is 0 Å². The first-order valence-electron chi connectivity index (χ1n) is 6.94. The number of halogens is 2. The molecule has 0 bridgehead atoms. The molecule has 1 atom stereocenters. The van der Waals surface area contributed by atoms with E-state index in [1.807, 2.05) is 0 Å². The predicted octanol–water partition coefficient (Wildman–Crippen LogP) is 1.88. The normalized spacial score (nSPS) is 37.6. The van der Waals surface area contributed by atoms with Crippen molar-refractivity contribution in [3.63, 3.8) is 0 Å². The van der Waals surface area contributed by atoms with Gasteiger partial charge >= 0.3 is 7.67 Å². The smallest absolute Gasteiger partial charge is 0.306 e. The molecule has 1 fully saturated rings. The van der Waals surface area contributed by atoms with Crippen molar-refractivity contribution >= 4 is 30.9 Å². The number of alkyl halides is 2. The Hall–Kier alpha value is 0.690. The van der Waals surface area contributed by atoms with E-state index in [0.29, 0.717) is 6.42 Å². The Bertz CT molecular complexity index is 397. The topological polar surface area (TPSA) is 41.6 Å². The second kappa shape index (κ2) is 6.31. The molecule has 1 N–H and O–H groups in total. The first-order chi connectivity index (χ1) is 8.88. The number of rotatable bonds is 5. The van der Waals surface area contributed by atoms with Crippen molar-refractivity contribution in [3.8, 4) is 0 Å². The van der Waals surface area contributed by atoms with Gasteiger partial charge in [0.05, 0.1) is 6.61 Å². The van der Waals surface area contributed by atoms with Gasteiger partial charge in [0.2, 0.25) is 0 Å². The molecule has 0 spiro atoms. The molecule has 7 heteroatoms. The Morgan fingerprint density at radius 3 is 2.86 bits per heavy atom. The summed E-state index contributed by atoms with van der Waals surface area (Å²) in [6.07, 6.45) is 0.512. The minimum Gasteiger partial charge on any atom is -0.306 e. The molecular formula is C7H15Cl2N2O2P. The summed E-state index contributed by atoms with van der Waals surface area (Å²) in [5, 5.41) is 2.41. The van der Waals surface area contributed by atoms with E-state index < -0.39 is 32.4 Å². The molecule has 1 aliphatic rings. The second-order valence-corrected chi connectivity index (χ2v) is 4.90. The van der Waals surface area contributed by atoms with Crippen LogP contribution < -0.4 is 5.09 Å². The third-order valence-electron chi connectivity index (χ3n) is 1.52. The van der Waals surface area contributed by atoms with E-state index in [4.69, 9.17) is 36.0 Å². The van der Waals surface area contributed by atoms with Gasteiger partial charge in [-0.25, -0.2) is 9.76 Å². The van der Waals surface area contributed by atoms with E-state index in [0.717, 1.165) is 0 Å². The number of hydrogen-bond donors (Lipinski definition) is 1. The molecule has 0 aromatic heterocycles. The molecule has 1 rings (SSSR count). The summed E-state index contributed by atoms with van der Waals surface area (Å²) in [6, 6.07) is 0. The lowest BCUT2D eigenvalue weighted by molar-refractivity contribution is 0.233. The van der Waals surface area contributed by atoms with Gasteiger partial charge in [0.1, 0.15) is 0 Å². The predicted molar refractivity (Wildman–Crippen MR) is 59.2 cm³/mol. The van der Waals surface area contributed by atoms with E-state index in [9.17, 15) is 4.57 Å². The summed E-state index contributed by atoms with van der Waals surface area (Å²) < 4.78 is 63.4. The minimum absolute atomic E-state index is 0.0283. The van der Waals surface area contributed by atoms with Gasteiger partial charge in [-0.2, -0.15) is 0 Å². The monoisotopic (exact) mass is 266 g/mol. The minimum atomic E-state index is -4.16. The van der Waals surface area contributed by atoms with Crippen molar-refractivity contribution in [1.29, 1.82) is 0 Å². The zero-order valence-corrected chi connectivity index (χ0v) is 9.70. The fourth-order valence-corrected chi connectivity index (χ4v) is 2.90. The SMILES string of the molecule is [2H]C([2H])(CCl)N(C([2H])([2H])C([2H])([2H])Cl)P1(=O)NCCCO1. The van der Waals surface area contributed by atoms with E-state index in [1.165, 1.54) is 0 Å². The number of hydrogen-bond acceptors (Lipinski definition) is 2. The fourth-order valence-electron chi connectivity index (χ4n) is 0.950. The average molecular weight is 267 g/mol. The number of nitrogens with zero attached hydrogens (tertiary/aromatic N) is 1. The Morgan fingerprint density at radius 2 is 2.36 bits per heavy atom. The van der Waals surface area contributed by atoms with Gasteiger partial charge < -0.3 is 4.52 Å². The lowest BCUT2D eigenvalue weighted by atomic mass is 10.5. The van der Waals surface area contributed by atoms with Gasteiger partial charge in [0, 0.05) is 39.5 Å². The Balaban J connectivity index is 3.33. The number of nitrogens with one attached hydrogen (secondary N) is 1. The summed E-state index contributed by atoms with van der Waals surface area (Å²) >= 11 is 10.8. The Kier molecular flexibility index (Phi) is 2.90. The summed E-state index contributed by atoms with van der Waals surface area (Å²) in [5.74, 6) is -3.75. The molecule has 0 amide bonds. The van der Waals surface area contributed by atoms with Crippen LogP contribution in [0, 0.1) is 0 Å². The molecule has 0 radical (unpaired) electrons. The lowest BCUT2D eigenvalue weighted by Crippen LogP contribution is -2.35. The van der Waals surface area contributed by atoms with Crippen LogP contribution in [0.25, 0.3) is 0 Å². The van der Waals surface area contributed by atoms with Crippen molar-refractivity contribution in [2.75, 3.05) is 37.9 Å². The molecule has 0 aromatic rings. The van der Waals surface area contributed by atoms with Crippen molar-refractivity contribution in [1.82, 2.24) is 9.76 Å². The van der Waals surface area contributed by atoms with Gasteiger partial charge in [0.25, 0.3) is 0 Å². The highest BCUT2D eigenvalue weighted by molar-refractivity contribution is 7.54. The molecule has 4 nitrogen and oxygen atoms in total. The maximum atomic E-state index is 12.7. The zero-order chi connectivity index (χ0) is 15.8. The van der Waals surface area contributed by atoms with Gasteiger partial charge in [-0.05, 0) is 6.42 Å². The highest BCUT2D eigenvalue weighted by Gasteiger charge is 2.32. The maximum Gasteiger partial charge on any atom is 0.343 e. The quantitative estimate of drug-likeness (QED) is 0.610. The Labute approximate surface area is 103 Å². The molecule has 1 heterocycles. The van der Waals surface area contributed by atoms with Gasteiger partial charge in [-0.15, -0.1) is 23.2 Å². The van der Waals surface area contributed by atoms with Crippen LogP contribution in [0.5, 0.6) is 0 Å². The van der Waals surface area contributed by atoms with E-state index in [-0.39, 0.29) is 17.8 Å². The molecule has 14 heavy (non-hydrogen) atoms. The highest BCUT2D eigenvalue weighted by Crippen LogP contribution is 2.47. The van der Waals surface area contributed by atoms with Crippen LogP contribution in [0.3, 0.4) is 0 Å². The molecule has 0 aliphatic carbocycles. The summed E-state index contributed by atoms with van der Waals surface area (Å²) in [5.41, 5.74) is 0. The van der Waals surface area contributed by atoms with Crippen LogP contribution in [0.2, 0.25) is 0 Å². The first kappa shape index (κ1) is 6.43. The van der Waals surface area contributed by atoms with Crippen LogP contribution in [-0.4, -0.2) is 42.5 Å². The van der Waals surface area contributed by atoms with Crippen LogP contribution >= 0.6 is 30.9 Å². The Morgan fingerprint density at radius 1 is 1.57 bits per heavy atom. The van der Waals surface area contributed by atoms with Crippen LogP contribution in [0.4, 0.5) is 0 Å². The third kappa shape index (κ3) is 3.37. The molecule has 1 aliphatic heterocycles. The van der Waals surface area contributed by atoms with Gasteiger partial charge in [-0.3, -0.25) is 4.57 Å². The molecule has 0 saturated carbocycles. The van der Waals surface area contributed by atoms with Crippen molar-refractivity contribution < 1.29 is 17.3 Å². The van der Waals surface area contributed by atoms with Crippen LogP contribution in [-0.2, 0) is 9.09 Å². The van der Waals surface area contributed by atoms with Crippen LogP contribution in [0.1, 0.15) is 14.6 Å². The van der Waals surface area contributed by atoms with Crippen LogP contribution in [0.15, 0.2) is 0 Å². The van der Waals surface area contributed by atoms with E-state index in [2.05, 4.69) is 5.09 Å². The first-order valence-corrected chi connectivity index (χ1v) is 6.43. The summed E-state index contributed by atoms with van der Waals surface area (Å²) in [4.78, 5) is 0. The largest absolute Gasteiger partial charge is 0.343 e. The summed E-state index contributed by atoms with van der Waals surface area (Å²) in [6.45, 7) is -5.51. The zero-order valence-electron chi connectivity index (χ0n) is 13.3. The molecule has 0 aromatic carbocycles. The van der Waals surface area contributed by atoms with E-state index in [1.54, 1.807) is 0 Å². The van der Waals surface area contributed by atoms with Crippen molar-refractivity contribution in [2.45, 2.75) is 6.42 Å². The standard InChI is InChI=1S/C7H15Cl2N2O2P/c8-2-5-11(6-3-9)14(12)10-4-1-7-13-14/h1-7H2,(H,10,12)/i2D2,5D2,6D2. The maximum absolute atomic E-state index is 12.7. The average Bonchev–Trinajstić information content (AvgIpc) is 2.27. The molecule has 1 unspecified atom stereocenters. The molecular weight excluding hydrogens is 246 g/mol. The lowest BCUT2D eigenvalue weighted by Gasteiger charge is -2.33. The second-order valence-electron chi connectivity index (χ2n) is 2.43. The van der Waals surface area contributed by atoms with Gasteiger partial charge in [-0.1, -0.05) is 0 Å². The fraction of sp³-hybridized carbons (Fsp3) is 1.00. The third-order valence-corrected chi connectivity index (χ3v) is 3.65. The summed E-state index contributed by atoms with van der Waals surface area (Å²) in [7, 11) is -4.16.